The van der Waals surface area contributed by atoms with Gasteiger partial charge >= 0.3 is 0 Å². The van der Waals surface area contributed by atoms with Crippen molar-refractivity contribution in [3.8, 4) is 22.9 Å². The van der Waals surface area contributed by atoms with E-state index in [1.807, 2.05) is 18.2 Å². The fourth-order valence-corrected chi connectivity index (χ4v) is 5.34. The van der Waals surface area contributed by atoms with Gasteiger partial charge in [0.2, 0.25) is 11.7 Å². The van der Waals surface area contributed by atoms with E-state index in [1.54, 1.807) is 43.5 Å². The Morgan fingerprint density at radius 3 is 2.57 bits per heavy atom. The zero-order valence-electron chi connectivity index (χ0n) is 23.5. The van der Waals surface area contributed by atoms with Gasteiger partial charge in [-0.1, -0.05) is 49.1 Å². The standard InChI is InChI=1S/C30H33ClN6O5/c1-40-24-15-14-20(17-26(24)41-2)29-33-35-37(34-29)19-27(38)36(18-21-9-6-7-12-23(21)31)28(25-13-8-16-42-25)30(39)32-22-10-4-3-5-11-22/h6-9,12-17,22,28H,3-5,10-11,18-19H2,1-2H3,(H,32,39)/t28-/m1/s1. The molecule has 1 aliphatic carbocycles. The first-order valence-electron chi connectivity index (χ1n) is 13.8. The summed E-state index contributed by atoms with van der Waals surface area (Å²) < 4.78 is 16.4. The Bertz CT molecular complexity index is 1500. The van der Waals surface area contributed by atoms with E-state index >= 15 is 0 Å². The summed E-state index contributed by atoms with van der Waals surface area (Å²) in [6, 6.07) is 14.9. The fourth-order valence-electron chi connectivity index (χ4n) is 5.14. The summed E-state index contributed by atoms with van der Waals surface area (Å²) in [7, 11) is 3.09. The summed E-state index contributed by atoms with van der Waals surface area (Å²) in [6.07, 6.45) is 6.55. The van der Waals surface area contributed by atoms with Gasteiger partial charge in [-0.15, -0.1) is 10.2 Å². The molecule has 5 rings (SSSR count). The van der Waals surface area contributed by atoms with E-state index < -0.39 is 11.9 Å². The number of ether oxygens (including phenoxy) is 2. The smallest absolute Gasteiger partial charge is 0.250 e. The van der Waals surface area contributed by atoms with Crippen LogP contribution < -0.4 is 14.8 Å². The quantitative estimate of drug-likeness (QED) is 0.263. The second kappa shape index (κ2) is 13.5. The van der Waals surface area contributed by atoms with Gasteiger partial charge in [-0.05, 0) is 60.0 Å². The number of halogens is 1. The third-order valence-electron chi connectivity index (χ3n) is 7.31. The summed E-state index contributed by atoms with van der Waals surface area (Å²) in [4.78, 5) is 30.5. The number of hydrogen-bond acceptors (Lipinski definition) is 8. The number of tetrazole rings is 1. The molecule has 4 aromatic rings. The number of nitrogens with one attached hydrogen (secondary N) is 1. The Morgan fingerprint density at radius 1 is 1.07 bits per heavy atom. The molecule has 2 aromatic carbocycles. The molecule has 12 heteroatoms. The van der Waals surface area contributed by atoms with E-state index in [9.17, 15) is 9.59 Å². The largest absolute Gasteiger partial charge is 0.493 e. The van der Waals surface area contributed by atoms with Crippen LogP contribution in [0.5, 0.6) is 11.5 Å². The van der Waals surface area contributed by atoms with Crippen LogP contribution in [0.1, 0.15) is 49.5 Å². The molecular weight excluding hydrogens is 560 g/mol. The highest BCUT2D eigenvalue weighted by molar-refractivity contribution is 6.31. The number of rotatable bonds is 11. The number of carbonyl (C=O) groups is 2. The van der Waals surface area contributed by atoms with Crippen LogP contribution in [0.25, 0.3) is 11.4 Å². The van der Waals surface area contributed by atoms with E-state index in [1.165, 1.54) is 23.1 Å². The molecule has 2 amide bonds. The van der Waals surface area contributed by atoms with Gasteiger partial charge in [0.15, 0.2) is 17.5 Å². The molecule has 1 N–H and O–H groups in total. The lowest BCUT2D eigenvalue weighted by Gasteiger charge is -2.32. The lowest BCUT2D eigenvalue weighted by atomic mass is 9.95. The molecule has 0 aliphatic heterocycles. The van der Waals surface area contributed by atoms with Gasteiger partial charge in [0.05, 0.1) is 20.5 Å². The number of nitrogens with zero attached hydrogens (tertiary/aromatic N) is 5. The summed E-state index contributed by atoms with van der Waals surface area (Å²) in [6.45, 7) is -0.197. The second-order valence-corrected chi connectivity index (χ2v) is 10.5. The first-order valence-corrected chi connectivity index (χ1v) is 14.2. The number of methoxy groups -OCH3 is 2. The normalized spacial score (nSPS) is 14.3. The van der Waals surface area contributed by atoms with Gasteiger partial charge in [-0.25, -0.2) is 0 Å². The minimum absolute atomic E-state index is 0.0435. The predicted molar refractivity (Wildman–Crippen MR) is 155 cm³/mol. The van der Waals surface area contributed by atoms with Crippen LogP contribution in [-0.2, 0) is 22.7 Å². The maximum Gasteiger partial charge on any atom is 0.250 e. The molecule has 220 valence electrons. The Labute approximate surface area is 248 Å². The SMILES string of the molecule is COc1ccc(-c2nnn(CC(=O)N(Cc3ccccc3Cl)[C@@H](C(=O)NC3CCCCC3)c3ccco3)n2)cc1OC. The van der Waals surface area contributed by atoms with E-state index in [2.05, 4.69) is 20.7 Å². The fraction of sp³-hybridized carbons (Fsp3) is 0.367. The Balaban J connectivity index is 1.43. The van der Waals surface area contributed by atoms with Crippen LogP contribution in [0, 0.1) is 0 Å². The highest BCUT2D eigenvalue weighted by Gasteiger charge is 2.35. The van der Waals surface area contributed by atoms with Gasteiger partial charge in [-0.3, -0.25) is 9.59 Å². The van der Waals surface area contributed by atoms with Crippen molar-refractivity contribution in [2.24, 2.45) is 0 Å². The average Bonchev–Trinajstić information content (AvgIpc) is 3.71. The van der Waals surface area contributed by atoms with Gasteiger partial charge in [-0.2, -0.15) is 4.80 Å². The molecule has 0 spiro atoms. The number of carbonyl (C=O) groups excluding carboxylic acids is 2. The average molecular weight is 593 g/mol. The molecule has 11 nitrogen and oxygen atoms in total. The molecule has 2 heterocycles. The Hall–Kier alpha value is -4.38. The van der Waals surface area contributed by atoms with E-state index in [0.29, 0.717) is 39.2 Å². The number of hydrogen-bond donors (Lipinski definition) is 1. The molecule has 1 fully saturated rings. The Kier molecular flexibility index (Phi) is 9.38. The Morgan fingerprint density at radius 2 is 1.86 bits per heavy atom. The van der Waals surface area contributed by atoms with Crippen molar-refractivity contribution in [2.45, 2.75) is 57.3 Å². The molecule has 1 aliphatic rings. The van der Waals surface area contributed by atoms with Crippen LogP contribution in [0.4, 0.5) is 0 Å². The summed E-state index contributed by atoms with van der Waals surface area (Å²) in [5, 5.41) is 16.3. The molecule has 0 bridgehead atoms. The van der Waals surface area contributed by atoms with Gasteiger partial charge < -0.3 is 24.1 Å². The first-order chi connectivity index (χ1) is 20.5. The van der Waals surface area contributed by atoms with Crippen LogP contribution in [0.15, 0.2) is 65.3 Å². The predicted octanol–water partition coefficient (Wildman–Crippen LogP) is 4.82. The molecule has 1 saturated carbocycles. The molecule has 0 saturated heterocycles. The van der Waals surface area contributed by atoms with Crippen molar-refractivity contribution < 1.29 is 23.5 Å². The topological polar surface area (TPSA) is 125 Å². The molecule has 42 heavy (non-hydrogen) atoms. The summed E-state index contributed by atoms with van der Waals surface area (Å²) in [5.74, 6) is 1.01. The first kappa shape index (κ1) is 29.1. The molecular formula is C30H33ClN6O5. The lowest BCUT2D eigenvalue weighted by Crippen LogP contribution is -2.47. The number of furan rings is 1. The van der Waals surface area contributed by atoms with Crippen molar-refractivity contribution in [3.05, 3.63) is 77.2 Å². The maximum absolute atomic E-state index is 14.0. The van der Waals surface area contributed by atoms with Crippen LogP contribution in [0.2, 0.25) is 5.02 Å². The molecule has 2 aromatic heterocycles. The van der Waals surface area contributed by atoms with E-state index in [4.69, 9.17) is 25.5 Å². The highest BCUT2D eigenvalue weighted by atomic mass is 35.5. The number of aromatic nitrogens is 4. The van der Waals surface area contributed by atoms with E-state index in [-0.39, 0.29) is 25.0 Å². The zero-order chi connectivity index (χ0) is 29.5. The van der Waals surface area contributed by atoms with Gasteiger partial charge in [0.25, 0.3) is 5.91 Å². The summed E-state index contributed by atoms with van der Waals surface area (Å²) in [5.41, 5.74) is 1.33. The van der Waals surface area contributed by atoms with Crippen LogP contribution >= 0.6 is 11.6 Å². The number of amides is 2. The number of benzene rings is 2. The molecule has 1 atom stereocenters. The third-order valence-corrected chi connectivity index (χ3v) is 7.68. The van der Waals surface area contributed by atoms with Crippen molar-refractivity contribution in [1.82, 2.24) is 30.4 Å². The minimum Gasteiger partial charge on any atom is -0.493 e. The summed E-state index contributed by atoms with van der Waals surface area (Å²) >= 11 is 6.49. The second-order valence-electron chi connectivity index (χ2n) is 10.1. The maximum atomic E-state index is 14.0. The molecule has 0 unspecified atom stereocenters. The highest BCUT2D eigenvalue weighted by Crippen LogP contribution is 2.31. The van der Waals surface area contributed by atoms with Crippen molar-refractivity contribution in [3.63, 3.8) is 0 Å². The lowest BCUT2D eigenvalue weighted by molar-refractivity contribution is -0.143. The monoisotopic (exact) mass is 592 g/mol. The molecule has 0 radical (unpaired) electrons. The van der Waals surface area contributed by atoms with Crippen LogP contribution in [0.3, 0.4) is 0 Å². The van der Waals surface area contributed by atoms with E-state index in [0.717, 1.165) is 32.1 Å². The third kappa shape index (κ3) is 6.73. The van der Waals surface area contributed by atoms with Gasteiger partial charge in [0, 0.05) is 23.2 Å². The van der Waals surface area contributed by atoms with Crippen molar-refractivity contribution in [1.29, 1.82) is 0 Å². The van der Waals surface area contributed by atoms with Gasteiger partial charge in [0.1, 0.15) is 12.3 Å². The van der Waals surface area contributed by atoms with Crippen molar-refractivity contribution >= 4 is 23.4 Å². The van der Waals surface area contributed by atoms with Crippen LogP contribution in [-0.4, -0.2) is 57.2 Å². The van der Waals surface area contributed by atoms with Crippen molar-refractivity contribution in [2.75, 3.05) is 14.2 Å². The minimum atomic E-state index is -1.03. The zero-order valence-corrected chi connectivity index (χ0v) is 24.3.